The molecule has 176 valence electrons. The molecule has 2 N–H and O–H groups in total. The number of carbonyl (C=O) groups excluding carboxylic acids is 2. The van der Waals surface area contributed by atoms with Gasteiger partial charge in [-0.25, -0.2) is 9.18 Å². The van der Waals surface area contributed by atoms with Gasteiger partial charge in [-0.3, -0.25) is 4.79 Å². The molecule has 0 radical (unpaired) electrons. The van der Waals surface area contributed by atoms with Gasteiger partial charge in [0.2, 0.25) is 0 Å². The Kier molecular flexibility index (Phi) is 6.97. The number of anilines is 1. The van der Waals surface area contributed by atoms with E-state index in [1.165, 1.54) is 19.1 Å². The van der Waals surface area contributed by atoms with E-state index in [-0.39, 0.29) is 16.5 Å². The first kappa shape index (κ1) is 24.5. The smallest absolute Gasteiger partial charge is 0.441 e. The van der Waals surface area contributed by atoms with Gasteiger partial charge in [-0.1, -0.05) is 19.1 Å². The van der Waals surface area contributed by atoms with Crippen molar-refractivity contribution in [3.8, 4) is 6.07 Å². The number of rotatable bonds is 6. The molecule has 0 bridgehead atoms. The number of esters is 1. The van der Waals surface area contributed by atoms with Crippen LogP contribution >= 0.6 is 11.3 Å². The first-order valence-corrected chi connectivity index (χ1v) is 11.0. The molecule has 1 aromatic heterocycles. The molecule has 0 saturated heterocycles. The number of hydrogen-bond acceptors (Lipinski definition) is 6. The maximum absolute atomic E-state index is 14.4. The summed E-state index contributed by atoms with van der Waals surface area (Å²) in [6.07, 6.45) is -3.54. The molecule has 1 amide bonds. The zero-order valence-electron chi connectivity index (χ0n) is 17.8. The number of thiophene rings is 1. The third-order valence-corrected chi connectivity index (χ3v) is 6.52. The minimum Gasteiger partial charge on any atom is -0.463 e. The van der Waals surface area contributed by atoms with Crippen molar-refractivity contribution in [3.05, 3.63) is 51.7 Å². The molecular formula is C22H21F4N3O3S. The maximum Gasteiger partial charge on any atom is 0.441 e. The zero-order chi connectivity index (χ0) is 24.4. The van der Waals surface area contributed by atoms with Gasteiger partial charge in [0.15, 0.2) is 0 Å². The van der Waals surface area contributed by atoms with Crippen molar-refractivity contribution in [2.24, 2.45) is 5.92 Å². The number of carbonyl (C=O) groups is 2. The molecule has 2 aromatic rings. The zero-order valence-corrected chi connectivity index (χ0v) is 18.6. The first-order chi connectivity index (χ1) is 15.5. The van der Waals surface area contributed by atoms with Gasteiger partial charge in [-0.05, 0) is 49.8 Å². The average molecular weight is 483 g/mol. The molecule has 0 aliphatic heterocycles. The molecule has 1 aromatic carbocycles. The van der Waals surface area contributed by atoms with E-state index in [9.17, 15) is 32.4 Å². The third-order valence-electron chi connectivity index (χ3n) is 5.35. The van der Waals surface area contributed by atoms with Crippen molar-refractivity contribution >= 4 is 28.2 Å². The van der Waals surface area contributed by atoms with Crippen molar-refractivity contribution in [3.63, 3.8) is 0 Å². The molecule has 0 fully saturated rings. The lowest BCUT2D eigenvalue weighted by Gasteiger charge is -2.35. The summed E-state index contributed by atoms with van der Waals surface area (Å²) in [5.41, 5.74) is -3.81. The number of alkyl halides is 3. The van der Waals surface area contributed by atoms with Crippen LogP contribution in [0.5, 0.6) is 0 Å². The highest BCUT2D eigenvalue weighted by Crippen LogP contribution is 2.42. The molecule has 1 aliphatic carbocycles. The highest BCUT2D eigenvalue weighted by atomic mass is 32.1. The standard InChI is InChI=1S/C22H21F4N3O3S/c1-3-32-20(31)21(22(24,25)26,28-18(30)14-6-4-5-7-16(14)23)29-19-15(11-27)13-9-8-12(2)10-17(13)33-19/h4-7,12,29H,3,8-10H2,1-2H3,(H,28,30)/t12-,21-/m1/s1. The van der Waals surface area contributed by atoms with Gasteiger partial charge in [0.25, 0.3) is 5.91 Å². The second-order valence-corrected chi connectivity index (χ2v) is 8.80. The number of amides is 1. The number of fused-ring (bicyclic) bond motifs is 1. The van der Waals surface area contributed by atoms with E-state index in [4.69, 9.17) is 0 Å². The molecule has 11 heteroatoms. The fourth-order valence-corrected chi connectivity index (χ4v) is 5.06. The van der Waals surface area contributed by atoms with Crippen LogP contribution in [-0.2, 0) is 22.4 Å². The summed E-state index contributed by atoms with van der Waals surface area (Å²) in [5, 5.41) is 13.1. The number of halogens is 4. The Labute approximate surface area is 191 Å². The predicted molar refractivity (Wildman–Crippen MR) is 113 cm³/mol. The van der Waals surface area contributed by atoms with E-state index in [0.29, 0.717) is 18.4 Å². The van der Waals surface area contributed by atoms with Crippen LogP contribution in [-0.4, -0.2) is 30.3 Å². The van der Waals surface area contributed by atoms with E-state index in [2.05, 4.69) is 10.1 Å². The predicted octanol–water partition coefficient (Wildman–Crippen LogP) is 4.55. The monoisotopic (exact) mass is 483 g/mol. The molecule has 3 rings (SSSR count). The van der Waals surface area contributed by atoms with Crippen molar-refractivity contribution in [1.82, 2.24) is 5.32 Å². The highest BCUT2D eigenvalue weighted by Gasteiger charge is 2.64. The lowest BCUT2D eigenvalue weighted by molar-refractivity contribution is -0.204. The van der Waals surface area contributed by atoms with Crippen LogP contribution in [0, 0.1) is 23.1 Å². The molecule has 0 spiro atoms. The van der Waals surface area contributed by atoms with Gasteiger partial charge in [0, 0.05) is 4.88 Å². The Morgan fingerprint density at radius 3 is 2.61 bits per heavy atom. The lowest BCUT2D eigenvalue weighted by atomic mass is 9.88. The molecule has 6 nitrogen and oxygen atoms in total. The van der Waals surface area contributed by atoms with Crippen LogP contribution in [0.4, 0.5) is 22.6 Å². The van der Waals surface area contributed by atoms with E-state index in [1.807, 2.05) is 13.0 Å². The van der Waals surface area contributed by atoms with Crippen LogP contribution in [0.2, 0.25) is 0 Å². The number of nitrogens with one attached hydrogen (secondary N) is 2. The second kappa shape index (κ2) is 9.39. The molecule has 0 unspecified atom stereocenters. The Balaban J connectivity index is 2.12. The van der Waals surface area contributed by atoms with Crippen LogP contribution in [0.1, 0.15) is 46.6 Å². The molecule has 33 heavy (non-hydrogen) atoms. The highest BCUT2D eigenvalue weighted by molar-refractivity contribution is 7.16. The fraction of sp³-hybridized carbons (Fsp3) is 0.409. The Morgan fingerprint density at radius 1 is 1.30 bits per heavy atom. The normalized spacial score (nSPS) is 17.3. The average Bonchev–Trinajstić information content (AvgIpc) is 3.08. The molecule has 0 saturated carbocycles. The largest absolute Gasteiger partial charge is 0.463 e. The summed E-state index contributed by atoms with van der Waals surface area (Å²) in [6.45, 7) is 2.90. The first-order valence-electron chi connectivity index (χ1n) is 10.2. The van der Waals surface area contributed by atoms with Crippen LogP contribution in [0.25, 0.3) is 0 Å². The Hall–Kier alpha value is -3.13. The van der Waals surface area contributed by atoms with E-state index >= 15 is 0 Å². The van der Waals surface area contributed by atoms with Gasteiger partial charge < -0.3 is 15.4 Å². The Morgan fingerprint density at radius 2 is 2.00 bits per heavy atom. The van der Waals surface area contributed by atoms with Crippen LogP contribution in [0.3, 0.4) is 0 Å². The van der Waals surface area contributed by atoms with Gasteiger partial charge in [-0.15, -0.1) is 11.3 Å². The summed E-state index contributed by atoms with van der Waals surface area (Å²) >= 11 is 0.928. The summed E-state index contributed by atoms with van der Waals surface area (Å²) < 4.78 is 62.1. The fourth-order valence-electron chi connectivity index (χ4n) is 3.64. The van der Waals surface area contributed by atoms with Crippen LogP contribution in [0.15, 0.2) is 24.3 Å². The van der Waals surface area contributed by atoms with Gasteiger partial charge >= 0.3 is 17.8 Å². The van der Waals surface area contributed by atoms with E-state index in [1.54, 1.807) is 5.32 Å². The van der Waals surface area contributed by atoms with Crippen molar-refractivity contribution < 1.29 is 31.9 Å². The van der Waals surface area contributed by atoms with E-state index in [0.717, 1.165) is 34.8 Å². The minimum atomic E-state index is -5.40. The molecule has 2 atom stereocenters. The third kappa shape index (κ3) is 4.66. The lowest BCUT2D eigenvalue weighted by Crippen LogP contribution is -2.69. The number of benzene rings is 1. The number of nitrogens with zero attached hydrogens (tertiary/aromatic N) is 1. The summed E-state index contributed by atoms with van der Waals surface area (Å²) in [4.78, 5) is 26.1. The van der Waals surface area contributed by atoms with Gasteiger partial charge in [-0.2, -0.15) is 18.4 Å². The summed E-state index contributed by atoms with van der Waals surface area (Å²) in [5.74, 6) is -4.08. The Bertz CT molecular complexity index is 1110. The van der Waals surface area contributed by atoms with Gasteiger partial charge in [0.1, 0.15) is 16.9 Å². The molecule has 1 aliphatic rings. The van der Waals surface area contributed by atoms with Crippen molar-refractivity contribution in [1.29, 1.82) is 5.26 Å². The van der Waals surface area contributed by atoms with Crippen LogP contribution < -0.4 is 10.6 Å². The number of ether oxygens (including phenoxy) is 1. The SMILES string of the molecule is CCOC(=O)[C@@](NC(=O)c1ccccc1F)(Nc1sc2c(c1C#N)CC[C@@H](C)C2)C(F)(F)F. The van der Waals surface area contributed by atoms with Crippen molar-refractivity contribution in [2.45, 2.75) is 44.9 Å². The summed E-state index contributed by atoms with van der Waals surface area (Å²) in [6, 6.07) is 6.35. The number of hydrogen-bond donors (Lipinski definition) is 2. The second-order valence-electron chi connectivity index (χ2n) is 7.69. The topological polar surface area (TPSA) is 91.2 Å². The number of nitriles is 1. The molecular weight excluding hydrogens is 462 g/mol. The van der Waals surface area contributed by atoms with Crippen molar-refractivity contribution in [2.75, 3.05) is 11.9 Å². The van der Waals surface area contributed by atoms with Gasteiger partial charge in [0.05, 0.1) is 17.7 Å². The van der Waals surface area contributed by atoms with E-state index < -0.39 is 41.7 Å². The maximum atomic E-state index is 14.4. The quantitative estimate of drug-likeness (QED) is 0.358. The molecule has 1 heterocycles. The minimum absolute atomic E-state index is 0.0139. The summed E-state index contributed by atoms with van der Waals surface area (Å²) in [7, 11) is 0.